The molecule has 0 aliphatic rings. The Morgan fingerprint density at radius 1 is 1.71 bits per heavy atom. The van der Waals surface area contributed by atoms with E-state index in [1.807, 2.05) is 7.05 Å². The third-order valence-electron chi connectivity index (χ3n) is 0.374. The van der Waals surface area contributed by atoms with Gasteiger partial charge in [-0.3, -0.25) is 0 Å². The topological polar surface area (TPSA) is 12.0 Å². The summed E-state index contributed by atoms with van der Waals surface area (Å²) in [5.41, 5.74) is 0. The SMILES string of the molecule is CCS[I-]CNC. The van der Waals surface area contributed by atoms with E-state index in [1.54, 1.807) is 0 Å². The Bertz CT molecular complexity index is 30.9. The first kappa shape index (κ1) is 8.04. The Morgan fingerprint density at radius 2 is 2.43 bits per heavy atom. The second-order valence-corrected chi connectivity index (χ2v) is 6.51. The van der Waals surface area contributed by atoms with Gasteiger partial charge in [0, 0.05) is 0 Å². The average molecular weight is 232 g/mol. The van der Waals surface area contributed by atoms with Gasteiger partial charge in [0.2, 0.25) is 0 Å². The summed E-state index contributed by atoms with van der Waals surface area (Å²) >= 11 is 0.430. The molecule has 0 unspecified atom stereocenters. The van der Waals surface area contributed by atoms with Crippen molar-refractivity contribution in [3.63, 3.8) is 0 Å². The predicted octanol–water partition coefficient (Wildman–Crippen LogP) is -2.08. The molecule has 0 rings (SSSR count). The van der Waals surface area contributed by atoms with Crippen molar-refractivity contribution in [1.82, 2.24) is 5.32 Å². The minimum atomic E-state index is 0.430. The van der Waals surface area contributed by atoms with Gasteiger partial charge in [0.15, 0.2) is 0 Å². The summed E-state index contributed by atoms with van der Waals surface area (Å²) in [6.45, 7) is 2.21. The number of rotatable bonds is 4. The van der Waals surface area contributed by atoms with E-state index < -0.39 is 0 Å². The zero-order valence-electron chi connectivity index (χ0n) is 4.70. The van der Waals surface area contributed by atoms with Crippen LogP contribution in [-0.2, 0) is 0 Å². The van der Waals surface area contributed by atoms with Crippen LogP contribution in [0.4, 0.5) is 0 Å². The molecule has 7 heavy (non-hydrogen) atoms. The van der Waals surface area contributed by atoms with Crippen LogP contribution in [0.25, 0.3) is 0 Å². The van der Waals surface area contributed by atoms with E-state index in [-0.39, 0.29) is 0 Å². The second kappa shape index (κ2) is 7.04. The van der Waals surface area contributed by atoms with Crippen molar-refractivity contribution in [2.75, 3.05) is 17.4 Å². The van der Waals surface area contributed by atoms with E-state index in [4.69, 9.17) is 0 Å². The number of hydrogen-bond donors (Lipinski definition) is 1. The number of alkyl halides is 1. The summed E-state index contributed by atoms with van der Waals surface area (Å²) in [7, 11) is 4.09. The summed E-state index contributed by atoms with van der Waals surface area (Å²) in [4.78, 5) is 0. The summed E-state index contributed by atoms with van der Waals surface area (Å²) in [5, 5.41) is 3.13. The third kappa shape index (κ3) is 7.04. The number of nitrogens with one attached hydrogen (secondary N) is 1. The molecule has 0 saturated heterocycles. The van der Waals surface area contributed by atoms with Crippen LogP contribution >= 0.6 is 8.93 Å². The zero-order chi connectivity index (χ0) is 5.54. The fourth-order valence-electron chi connectivity index (χ4n) is 0.170. The van der Waals surface area contributed by atoms with Crippen molar-refractivity contribution in [2.45, 2.75) is 6.92 Å². The standard InChI is InChI=1S/C4H11INS/c1-3-7-5-4-6-2/h6H,3-4H2,1-2H3/q-1. The quantitative estimate of drug-likeness (QED) is 0.258. The van der Waals surface area contributed by atoms with Gasteiger partial charge in [0.05, 0.1) is 0 Å². The number of hydrogen-bond acceptors (Lipinski definition) is 2. The summed E-state index contributed by atoms with van der Waals surface area (Å²) < 4.78 is 1.25. The minimum absolute atomic E-state index is 0.430. The van der Waals surface area contributed by atoms with Crippen LogP contribution in [0.3, 0.4) is 0 Å². The Morgan fingerprint density at radius 3 is 2.86 bits per heavy atom. The van der Waals surface area contributed by atoms with Crippen LogP contribution in [0, 0.1) is 0 Å². The normalized spacial score (nSPS) is 10.0. The van der Waals surface area contributed by atoms with Crippen molar-refractivity contribution < 1.29 is 19.8 Å². The van der Waals surface area contributed by atoms with Crippen molar-refractivity contribution >= 4 is 8.93 Å². The molecule has 0 aromatic rings. The van der Waals surface area contributed by atoms with Crippen LogP contribution in [-0.4, -0.2) is 17.4 Å². The third-order valence-corrected chi connectivity index (χ3v) is 5.74. The van der Waals surface area contributed by atoms with E-state index in [1.165, 1.54) is 10.3 Å². The molecular formula is C4H11INS-. The van der Waals surface area contributed by atoms with E-state index in [0.29, 0.717) is 19.8 Å². The Kier molecular flexibility index (Phi) is 8.09. The molecule has 0 aromatic heterocycles. The summed E-state index contributed by atoms with van der Waals surface area (Å²) in [5.74, 6) is 1.29. The fourth-order valence-corrected chi connectivity index (χ4v) is 3.43. The summed E-state index contributed by atoms with van der Waals surface area (Å²) in [6.07, 6.45) is 0. The molecule has 0 atom stereocenters. The van der Waals surface area contributed by atoms with E-state index >= 15 is 0 Å². The maximum atomic E-state index is 3.13. The Balaban J connectivity index is 2.45. The van der Waals surface area contributed by atoms with E-state index in [0.717, 1.165) is 0 Å². The van der Waals surface area contributed by atoms with Crippen LogP contribution in [0.5, 0.6) is 0 Å². The molecule has 46 valence electrons. The maximum absolute atomic E-state index is 3.13. The van der Waals surface area contributed by atoms with Gasteiger partial charge in [0.25, 0.3) is 0 Å². The average Bonchev–Trinajstić information content (AvgIpc) is 1.69. The first-order chi connectivity index (χ1) is 3.41. The van der Waals surface area contributed by atoms with Crippen LogP contribution < -0.4 is 25.1 Å². The molecule has 0 bridgehead atoms. The molecule has 0 amide bonds. The molecule has 1 nitrogen and oxygen atoms in total. The Hall–Kier alpha value is 1.04. The van der Waals surface area contributed by atoms with Gasteiger partial charge in [-0.25, -0.2) is 0 Å². The molecule has 0 fully saturated rings. The first-order valence-corrected chi connectivity index (χ1v) is 7.32. The Labute approximate surface area is 58.3 Å². The van der Waals surface area contributed by atoms with E-state index in [9.17, 15) is 0 Å². The van der Waals surface area contributed by atoms with Crippen molar-refractivity contribution in [3.05, 3.63) is 0 Å². The van der Waals surface area contributed by atoms with Crippen LogP contribution in [0.1, 0.15) is 6.92 Å². The van der Waals surface area contributed by atoms with Crippen LogP contribution in [0.2, 0.25) is 0 Å². The molecule has 3 heteroatoms. The number of halogens is 1. The van der Waals surface area contributed by atoms with Gasteiger partial charge < -0.3 is 0 Å². The molecule has 0 spiro atoms. The van der Waals surface area contributed by atoms with Gasteiger partial charge in [0.1, 0.15) is 0 Å². The van der Waals surface area contributed by atoms with Gasteiger partial charge in [-0.2, -0.15) is 0 Å². The molecule has 0 saturated carbocycles. The molecule has 0 heterocycles. The fraction of sp³-hybridized carbons (Fsp3) is 1.00. The second-order valence-electron chi connectivity index (χ2n) is 0.994. The van der Waals surface area contributed by atoms with Gasteiger partial charge in [-0.1, -0.05) is 0 Å². The molecule has 0 radical (unpaired) electrons. The first-order valence-electron chi connectivity index (χ1n) is 2.27. The van der Waals surface area contributed by atoms with Crippen molar-refractivity contribution in [3.8, 4) is 0 Å². The molecular weight excluding hydrogens is 221 g/mol. The molecule has 0 aliphatic heterocycles. The van der Waals surface area contributed by atoms with Gasteiger partial charge in [-0.05, 0) is 0 Å². The predicted molar refractivity (Wildman–Crippen MR) is 32.1 cm³/mol. The van der Waals surface area contributed by atoms with Crippen LogP contribution in [0.15, 0.2) is 0 Å². The molecule has 1 N–H and O–H groups in total. The van der Waals surface area contributed by atoms with Gasteiger partial charge >= 0.3 is 58.3 Å². The summed E-state index contributed by atoms with van der Waals surface area (Å²) in [6, 6.07) is 0. The van der Waals surface area contributed by atoms with Crippen molar-refractivity contribution in [2.24, 2.45) is 0 Å². The monoisotopic (exact) mass is 232 g/mol. The van der Waals surface area contributed by atoms with Crippen molar-refractivity contribution in [1.29, 1.82) is 0 Å². The molecule has 0 aliphatic carbocycles. The zero-order valence-corrected chi connectivity index (χ0v) is 7.67. The van der Waals surface area contributed by atoms with Gasteiger partial charge in [-0.15, -0.1) is 0 Å². The van der Waals surface area contributed by atoms with E-state index in [2.05, 4.69) is 21.2 Å². The molecule has 0 aromatic carbocycles.